The number of nitrogens with two attached hydrogens (primary N) is 1. The molecule has 1 saturated heterocycles. The zero-order valence-electron chi connectivity index (χ0n) is 16.6. The zero-order chi connectivity index (χ0) is 21.7. The van der Waals surface area contributed by atoms with Gasteiger partial charge in [0.05, 0.1) is 5.56 Å². The maximum Gasteiger partial charge on any atom is 0.335 e. The van der Waals surface area contributed by atoms with Gasteiger partial charge in [0.15, 0.2) is 0 Å². The summed E-state index contributed by atoms with van der Waals surface area (Å²) < 4.78 is 1.81. The van der Waals surface area contributed by atoms with Crippen LogP contribution in [0.2, 0.25) is 0 Å². The number of aromatic amines is 1. The zero-order valence-corrected chi connectivity index (χ0v) is 16.6. The number of nitrogens with one attached hydrogen (secondary N) is 1. The number of nitrogen functional groups attached to an aromatic ring is 1. The number of H-pyrrole nitrogens is 1. The second kappa shape index (κ2) is 7.12. The van der Waals surface area contributed by atoms with Crippen LogP contribution >= 0.6 is 0 Å². The van der Waals surface area contributed by atoms with E-state index < -0.39 is 5.97 Å². The summed E-state index contributed by atoms with van der Waals surface area (Å²) in [5.74, 6) is -0.614. The topological polar surface area (TPSA) is 134 Å². The van der Waals surface area contributed by atoms with Crippen molar-refractivity contribution in [1.82, 2.24) is 19.7 Å². The Morgan fingerprint density at radius 2 is 1.84 bits per heavy atom. The molecule has 1 aromatic carbocycles. The number of rotatable bonds is 3. The Morgan fingerprint density at radius 1 is 1.06 bits per heavy atom. The van der Waals surface area contributed by atoms with Gasteiger partial charge in [-0.2, -0.15) is 5.10 Å². The van der Waals surface area contributed by atoms with Crippen LogP contribution in [0.25, 0.3) is 11.1 Å². The third kappa shape index (κ3) is 3.37. The van der Waals surface area contributed by atoms with Crippen LogP contribution in [-0.4, -0.2) is 49.7 Å². The third-order valence-corrected chi connectivity index (χ3v) is 6.14. The van der Waals surface area contributed by atoms with Crippen molar-refractivity contribution in [3.05, 3.63) is 69.8 Å². The van der Waals surface area contributed by atoms with E-state index in [-0.39, 0.29) is 34.7 Å². The fourth-order valence-corrected chi connectivity index (χ4v) is 4.71. The SMILES string of the molecule is Nc1cc(C(=O)N2C[C@@H]3C[C@H](C2)c2cc(-c4ccc(C(=O)O)cc4)cc(=O)n2C3)[nH]n1. The standard InChI is InChI=1S/C22H21N5O4/c23-19-8-17(24-25-19)21(29)26-9-12-5-16(11-26)18-6-15(7-20(28)27(18)10-12)13-1-3-14(4-2-13)22(30)31/h1-4,6-8,12,16H,5,9-11H2,(H,30,31)(H3,23,24,25)/t12-,16+/m0/s1. The van der Waals surface area contributed by atoms with Gasteiger partial charge in [-0.1, -0.05) is 12.1 Å². The molecule has 2 aliphatic heterocycles. The number of carbonyl (C=O) groups is 2. The van der Waals surface area contributed by atoms with Crippen LogP contribution in [0.15, 0.2) is 47.3 Å². The van der Waals surface area contributed by atoms with Crippen molar-refractivity contribution >= 4 is 17.7 Å². The van der Waals surface area contributed by atoms with Crippen molar-refractivity contribution in [2.45, 2.75) is 18.9 Å². The molecule has 2 aliphatic rings. The summed E-state index contributed by atoms with van der Waals surface area (Å²) in [6, 6.07) is 11.6. The highest BCUT2D eigenvalue weighted by molar-refractivity contribution is 5.93. The predicted molar refractivity (Wildman–Crippen MR) is 113 cm³/mol. The Hall–Kier alpha value is -3.88. The number of aromatic carboxylic acids is 1. The Labute approximate surface area is 177 Å². The van der Waals surface area contributed by atoms with E-state index in [0.29, 0.717) is 25.3 Å². The number of hydrogen-bond acceptors (Lipinski definition) is 5. The van der Waals surface area contributed by atoms with Crippen LogP contribution in [0.1, 0.15) is 38.9 Å². The van der Waals surface area contributed by atoms with Gasteiger partial charge in [0.1, 0.15) is 11.5 Å². The van der Waals surface area contributed by atoms with Crippen molar-refractivity contribution < 1.29 is 14.7 Å². The maximum absolute atomic E-state index is 12.9. The minimum Gasteiger partial charge on any atom is -0.478 e. The third-order valence-electron chi connectivity index (χ3n) is 6.14. The molecule has 31 heavy (non-hydrogen) atoms. The number of fused-ring (bicyclic) bond motifs is 4. The van der Waals surface area contributed by atoms with Gasteiger partial charge in [0.25, 0.3) is 11.5 Å². The molecular formula is C22H21N5O4. The van der Waals surface area contributed by atoms with Gasteiger partial charge >= 0.3 is 5.97 Å². The molecule has 3 aromatic rings. The van der Waals surface area contributed by atoms with E-state index in [1.165, 1.54) is 18.2 Å². The predicted octanol–water partition coefficient (Wildman–Crippen LogP) is 1.78. The molecule has 0 spiro atoms. The Balaban J connectivity index is 1.47. The lowest BCUT2D eigenvalue weighted by Crippen LogP contribution is -2.49. The number of anilines is 1. The first-order valence-electron chi connectivity index (χ1n) is 10.1. The highest BCUT2D eigenvalue weighted by Gasteiger charge is 2.37. The van der Waals surface area contributed by atoms with Crippen molar-refractivity contribution in [2.75, 3.05) is 18.8 Å². The van der Waals surface area contributed by atoms with E-state index in [1.807, 2.05) is 10.6 Å². The Kier molecular flexibility index (Phi) is 4.39. The van der Waals surface area contributed by atoms with E-state index in [4.69, 9.17) is 10.8 Å². The van der Waals surface area contributed by atoms with Crippen LogP contribution in [0, 0.1) is 5.92 Å². The van der Waals surface area contributed by atoms with Gasteiger partial charge in [0.2, 0.25) is 0 Å². The number of benzene rings is 1. The summed E-state index contributed by atoms with van der Waals surface area (Å²) in [7, 11) is 0. The van der Waals surface area contributed by atoms with Gasteiger partial charge < -0.3 is 20.3 Å². The van der Waals surface area contributed by atoms with Crippen molar-refractivity contribution in [2.24, 2.45) is 5.92 Å². The highest BCUT2D eigenvalue weighted by atomic mass is 16.4. The van der Waals surface area contributed by atoms with Crippen molar-refractivity contribution in [1.29, 1.82) is 0 Å². The molecule has 0 radical (unpaired) electrons. The molecule has 2 atom stereocenters. The van der Waals surface area contributed by atoms with E-state index >= 15 is 0 Å². The summed E-state index contributed by atoms with van der Waals surface area (Å²) in [6.45, 7) is 1.66. The monoisotopic (exact) mass is 419 g/mol. The molecule has 2 bridgehead atoms. The lowest BCUT2D eigenvalue weighted by atomic mass is 9.82. The second-order valence-corrected chi connectivity index (χ2v) is 8.22. The number of piperidine rings is 1. The van der Waals surface area contributed by atoms with Crippen molar-refractivity contribution in [3.63, 3.8) is 0 Å². The average Bonchev–Trinajstić information content (AvgIpc) is 3.20. The van der Waals surface area contributed by atoms with E-state index in [1.54, 1.807) is 23.1 Å². The van der Waals surface area contributed by atoms with Crippen LogP contribution in [0.4, 0.5) is 5.82 Å². The van der Waals surface area contributed by atoms with E-state index in [0.717, 1.165) is 23.2 Å². The molecule has 1 amide bonds. The van der Waals surface area contributed by atoms with E-state index in [2.05, 4.69) is 10.2 Å². The number of carboxylic acids is 1. The van der Waals surface area contributed by atoms with Crippen molar-refractivity contribution in [3.8, 4) is 11.1 Å². The fraction of sp³-hybridized carbons (Fsp3) is 0.273. The van der Waals surface area contributed by atoms with Crippen LogP contribution < -0.4 is 11.3 Å². The van der Waals surface area contributed by atoms with Gasteiger partial charge in [-0.25, -0.2) is 4.79 Å². The summed E-state index contributed by atoms with van der Waals surface area (Å²) in [6.07, 6.45) is 0.912. The van der Waals surface area contributed by atoms with E-state index in [9.17, 15) is 14.4 Å². The smallest absolute Gasteiger partial charge is 0.335 e. The molecule has 158 valence electrons. The molecule has 0 unspecified atom stereocenters. The number of nitrogens with zero attached hydrogens (tertiary/aromatic N) is 3. The van der Waals surface area contributed by atoms with Gasteiger partial charge in [-0.15, -0.1) is 0 Å². The number of aromatic nitrogens is 3. The lowest BCUT2D eigenvalue weighted by Gasteiger charge is -2.42. The Bertz CT molecular complexity index is 1240. The summed E-state index contributed by atoms with van der Waals surface area (Å²) >= 11 is 0. The molecule has 4 N–H and O–H groups in total. The number of carbonyl (C=O) groups excluding carboxylic acids is 1. The maximum atomic E-state index is 12.9. The minimum absolute atomic E-state index is 0.0441. The number of pyridine rings is 1. The minimum atomic E-state index is -0.992. The van der Waals surface area contributed by atoms with Crippen LogP contribution in [-0.2, 0) is 6.54 Å². The van der Waals surface area contributed by atoms with Crippen LogP contribution in [0.5, 0.6) is 0 Å². The number of amides is 1. The normalized spacial score (nSPS) is 19.7. The number of carboxylic acid groups (broad SMARTS) is 1. The lowest BCUT2D eigenvalue weighted by molar-refractivity contribution is 0.0588. The second-order valence-electron chi connectivity index (χ2n) is 8.22. The first kappa shape index (κ1) is 19.1. The summed E-state index contributed by atoms with van der Waals surface area (Å²) in [5.41, 5.74) is 8.55. The summed E-state index contributed by atoms with van der Waals surface area (Å²) in [4.78, 5) is 38.7. The Morgan fingerprint density at radius 3 is 2.52 bits per heavy atom. The molecule has 2 aromatic heterocycles. The molecular weight excluding hydrogens is 398 g/mol. The number of hydrogen-bond donors (Lipinski definition) is 3. The molecule has 5 rings (SSSR count). The molecule has 9 nitrogen and oxygen atoms in total. The summed E-state index contributed by atoms with van der Waals surface area (Å²) in [5, 5.41) is 15.6. The fourth-order valence-electron chi connectivity index (χ4n) is 4.71. The molecule has 9 heteroatoms. The molecule has 0 aliphatic carbocycles. The highest BCUT2D eigenvalue weighted by Crippen LogP contribution is 2.37. The largest absolute Gasteiger partial charge is 0.478 e. The first-order valence-corrected chi connectivity index (χ1v) is 10.1. The quantitative estimate of drug-likeness (QED) is 0.592. The van der Waals surface area contributed by atoms with Gasteiger partial charge in [0, 0.05) is 43.4 Å². The first-order chi connectivity index (χ1) is 14.9. The van der Waals surface area contributed by atoms with Crippen LogP contribution in [0.3, 0.4) is 0 Å². The average molecular weight is 419 g/mol. The van der Waals surface area contributed by atoms with Gasteiger partial charge in [-0.05, 0) is 41.7 Å². The molecule has 0 saturated carbocycles. The van der Waals surface area contributed by atoms with Gasteiger partial charge in [-0.3, -0.25) is 14.7 Å². The number of likely N-dealkylation sites (tertiary alicyclic amines) is 1. The molecule has 4 heterocycles. The molecule has 1 fully saturated rings.